The summed E-state index contributed by atoms with van der Waals surface area (Å²) in [6, 6.07) is 0. The number of rotatable bonds is 8. The average Bonchev–Trinajstić information content (AvgIpc) is 2.35. The Morgan fingerprint density at radius 1 is 1.42 bits per heavy atom. The Kier molecular flexibility index (Phi) is 8.00. The van der Waals surface area contributed by atoms with E-state index in [-0.39, 0.29) is 5.97 Å². The number of carbonyl (C=O) groups excluding carboxylic acids is 1. The zero-order valence-corrected chi connectivity index (χ0v) is 13.3. The van der Waals surface area contributed by atoms with Gasteiger partial charge in [-0.3, -0.25) is 4.79 Å². The first-order valence-corrected chi connectivity index (χ1v) is 7.17. The first kappa shape index (κ1) is 18.2. The molecule has 0 aliphatic rings. The molecule has 0 bridgehead atoms. The molecule has 0 unspecified atom stereocenters. The standard InChI is InChI=1S/C16H30O3/c1-7-16(5,15(18)19-6)14(17)11-13(4)10-8-9-12(2)3/h9,13-14,17H,7-8,10-11H2,1-6H3/t13-,14-,16+/m1/s1. The van der Waals surface area contributed by atoms with Gasteiger partial charge < -0.3 is 9.84 Å². The summed E-state index contributed by atoms with van der Waals surface area (Å²) in [6.07, 6.45) is 4.84. The van der Waals surface area contributed by atoms with Crippen molar-refractivity contribution in [2.45, 2.75) is 66.4 Å². The summed E-state index contributed by atoms with van der Waals surface area (Å²) < 4.78 is 4.81. The Balaban J connectivity index is 4.44. The summed E-state index contributed by atoms with van der Waals surface area (Å²) in [6.45, 7) is 9.99. The fourth-order valence-corrected chi connectivity index (χ4v) is 2.16. The molecule has 3 nitrogen and oxygen atoms in total. The highest BCUT2D eigenvalue weighted by Gasteiger charge is 2.40. The number of allylic oxidation sites excluding steroid dienone is 2. The smallest absolute Gasteiger partial charge is 0.314 e. The van der Waals surface area contributed by atoms with Crippen LogP contribution in [0.3, 0.4) is 0 Å². The highest BCUT2D eigenvalue weighted by Crippen LogP contribution is 2.32. The largest absolute Gasteiger partial charge is 0.469 e. The molecule has 112 valence electrons. The molecule has 0 amide bonds. The lowest BCUT2D eigenvalue weighted by molar-refractivity contribution is -0.160. The van der Waals surface area contributed by atoms with Crippen molar-refractivity contribution in [1.82, 2.24) is 0 Å². The van der Waals surface area contributed by atoms with E-state index in [1.165, 1.54) is 12.7 Å². The molecule has 3 atom stereocenters. The Labute approximate surface area is 118 Å². The van der Waals surface area contributed by atoms with E-state index in [0.29, 0.717) is 18.8 Å². The Morgan fingerprint density at radius 2 is 2.00 bits per heavy atom. The molecule has 1 N–H and O–H groups in total. The third-order valence-corrected chi connectivity index (χ3v) is 3.96. The van der Waals surface area contributed by atoms with Gasteiger partial charge in [0.15, 0.2) is 0 Å². The van der Waals surface area contributed by atoms with E-state index >= 15 is 0 Å². The monoisotopic (exact) mass is 270 g/mol. The van der Waals surface area contributed by atoms with Crippen LogP contribution in [0.25, 0.3) is 0 Å². The first-order valence-electron chi connectivity index (χ1n) is 7.17. The van der Waals surface area contributed by atoms with E-state index in [2.05, 4.69) is 26.8 Å². The fraction of sp³-hybridized carbons (Fsp3) is 0.812. The van der Waals surface area contributed by atoms with Gasteiger partial charge in [-0.2, -0.15) is 0 Å². The van der Waals surface area contributed by atoms with Crippen LogP contribution in [0.5, 0.6) is 0 Å². The minimum Gasteiger partial charge on any atom is -0.469 e. The molecule has 0 aliphatic carbocycles. The molecule has 0 saturated carbocycles. The quantitative estimate of drug-likeness (QED) is 0.540. The second kappa shape index (κ2) is 8.36. The van der Waals surface area contributed by atoms with Crippen LogP contribution in [0.4, 0.5) is 0 Å². The minimum atomic E-state index is -0.792. The van der Waals surface area contributed by atoms with Crippen LogP contribution in [-0.4, -0.2) is 24.3 Å². The Hall–Kier alpha value is -0.830. The van der Waals surface area contributed by atoms with Crippen molar-refractivity contribution >= 4 is 5.97 Å². The summed E-state index contributed by atoms with van der Waals surface area (Å²) >= 11 is 0. The number of ether oxygens (including phenoxy) is 1. The van der Waals surface area contributed by atoms with Gasteiger partial charge in [0, 0.05) is 0 Å². The van der Waals surface area contributed by atoms with Crippen LogP contribution in [0.1, 0.15) is 60.3 Å². The lowest BCUT2D eigenvalue weighted by Crippen LogP contribution is -2.41. The van der Waals surface area contributed by atoms with Gasteiger partial charge in [0.2, 0.25) is 0 Å². The SMILES string of the molecule is CC[C@](C)(C(=O)OC)[C@H](O)C[C@H](C)CCC=C(C)C. The van der Waals surface area contributed by atoms with Crippen LogP contribution in [0, 0.1) is 11.3 Å². The molecule has 0 saturated heterocycles. The third-order valence-electron chi connectivity index (χ3n) is 3.96. The van der Waals surface area contributed by atoms with Gasteiger partial charge >= 0.3 is 5.97 Å². The topological polar surface area (TPSA) is 46.5 Å². The van der Waals surface area contributed by atoms with Crippen molar-refractivity contribution in [3.8, 4) is 0 Å². The summed E-state index contributed by atoms with van der Waals surface area (Å²) in [5, 5.41) is 10.3. The summed E-state index contributed by atoms with van der Waals surface area (Å²) in [5.41, 5.74) is 0.528. The van der Waals surface area contributed by atoms with Gasteiger partial charge in [-0.25, -0.2) is 0 Å². The molecular weight excluding hydrogens is 240 g/mol. The van der Waals surface area contributed by atoms with Crippen molar-refractivity contribution in [3.05, 3.63) is 11.6 Å². The van der Waals surface area contributed by atoms with Crippen LogP contribution < -0.4 is 0 Å². The third kappa shape index (κ3) is 5.77. The number of aliphatic hydroxyl groups excluding tert-OH is 1. The number of hydrogen-bond acceptors (Lipinski definition) is 3. The zero-order chi connectivity index (χ0) is 15.1. The van der Waals surface area contributed by atoms with E-state index in [9.17, 15) is 9.90 Å². The molecule has 0 aromatic rings. The zero-order valence-electron chi connectivity index (χ0n) is 13.3. The van der Waals surface area contributed by atoms with Crippen molar-refractivity contribution in [1.29, 1.82) is 0 Å². The molecule has 3 heteroatoms. The molecule has 0 spiro atoms. The highest BCUT2D eigenvalue weighted by molar-refractivity contribution is 5.76. The highest BCUT2D eigenvalue weighted by atomic mass is 16.5. The maximum absolute atomic E-state index is 11.8. The van der Waals surface area contributed by atoms with E-state index in [4.69, 9.17) is 4.74 Å². The van der Waals surface area contributed by atoms with Crippen molar-refractivity contribution in [2.75, 3.05) is 7.11 Å². The van der Waals surface area contributed by atoms with Crippen LogP contribution in [0.15, 0.2) is 11.6 Å². The predicted molar refractivity (Wildman–Crippen MR) is 78.9 cm³/mol. The Bertz CT molecular complexity index is 305. The first-order chi connectivity index (χ1) is 8.77. The molecule has 19 heavy (non-hydrogen) atoms. The molecule has 0 fully saturated rings. The summed E-state index contributed by atoms with van der Waals surface area (Å²) in [4.78, 5) is 11.8. The van der Waals surface area contributed by atoms with E-state index in [0.717, 1.165) is 12.8 Å². The second-order valence-electron chi connectivity index (χ2n) is 5.98. The maximum Gasteiger partial charge on any atom is 0.314 e. The number of hydrogen-bond donors (Lipinski definition) is 1. The fourth-order valence-electron chi connectivity index (χ4n) is 2.16. The van der Waals surface area contributed by atoms with Crippen LogP contribution >= 0.6 is 0 Å². The molecule has 0 aliphatic heterocycles. The van der Waals surface area contributed by atoms with Gasteiger partial charge in [-0.15, -0.1) is 0 Å². The van der Waals surface area contributed by atoms with Gasteiger partial charge in [-0.05, 0) is 52.4 Å². The van der Waals surface area contributed by atoms with E-state index in [1.807, 2.05) is 6.92 Å². The van der Waals surface area contributed by atoms with Gasteiger partial charge in [0.05, 0.1) is 18.6 Å². The predicted octanol–water partition coefficient (Wildman–Crippen LogP) is 3.71. The van der Waals surface area contributed by atoms with Gasteiger partial charge in [0.25, 0.3) is 0 Å². The van der Waals surface area contributed by atoms with Gasteiger partial charge in [0.1, 0.15) is 0 Å². The lowest BCUT2D eigenvalue weighted by atomic mass is 9.77. The number of methoxy groups -OCH3 is 1. The average molecular weight is 270 g/mol. The van der Waals surface area contributed by atoms with Crippen LogP contribution in [-0.2, 0) is 9.53 Å². The Morgan fingerprint density at radius 3 is 2.42 bits per heavy atom. The molecule has 0 aromatic heterocycles. The molecule has 0 radical (unpaired) electrons. The molecule has 0 rings (SSSR count). The molecule has 0 heterocycles. The van der Waals surface area contributed by atoms with E-state index in [1.54, 1.807) is 6.92 Å². The van der Waals surface area contributed by atoms with Gasteiger partial charge in [-0.1, -0.05) is 25.5 Å². The van der Waals surface area contributed by atoms with Crippen LogP contribution in [0.2, 0.25) is 0 Å². The number of esters is 1. The normalized spacial score (nSPS) is 17.2. The number of aliphatic hydroxyl groups is 1. The summed E-state index contributed by atoms with van der Waals surface area (Å²) in [5.74, 6) is 0.0696. The van der Waals surface area contributed by atoms with Crippen molar-refractivity contribution < 1.29 is 14.6 Å². The van der Waals surface area contributed by atoms with E-state index < -0.39 is 11.5 Å². The maximum atomic E-state index is 11.8. The second-order valence-corrected chi connectivity index (χ2v) is 5.98. The summed E-state index contributed by atoms with van der Waals surface area (Å²) in [7, 11) is 1.38. The van der Waals surface area contributed by atoms with Crippen molar-refractivity contribution in [3.63, 3.8) is 0 Å². The minimum absolute atomic E-state index is 0.320. The molecular formula is C16H30O3. The lowest BCUT2D eigenvalue weighted by Gasteiger charge is -2.32. The molecule has 0 aromatic carbocycles. The number of carbonyl (C=O) groups is 1. The van der Waals surface area contributed by atoms with Crippen molar-refractivity contribution in [2.24, 2.45) is 11.3 Å².